The molecule has 2 atom stereocenters. The van der Waals surface area contributed by atoms with E-state index in [1.54, 1.807) is 14.0 Å². The first-order chi connectivity index (χ1) is 6.57. The summed E-state index contributed by atoms with van der Waals surface area (Å²) in [6.07, 6.45) is 2.40. The van der Waals surface area contributed by atoms with Crippen LogP contribution in [0.5, 0.6) is 0 Å². The van der Waals surface area contributed by atoms with Crippen LogP contribution in [0.2, 0.25) is 0 Å². The molecule has 0 aromatic heterocycles. The number of aliphatic carboxylic acids is 1. The predicted octanol–water partition coefficient (Wildman–Crippen LogP) is 0.816. The van der Waals surface area contributed by atoms with E-state index in [1.165, 1.54) is 12.8 Å². The van der Waals surface area contributed by atoms with Crippen molar-refractivity contribution in [2.75, 3.05) is 20.8 Å². The number of carboxylic acids is 1. The van der Waals surface area contributed by atoms with Crippen LogP contribution in [0.3, 0.4) is 0 Å². The Morgan fingerprint density at radius 1 is 1.64 bits per heavy atom. The van der Waals surface area contributed by atoms with Crippen molar-refractivity contribution in [1.82, 2.24) is 4.90 Å². The Balaban J connectivity index is 2.52. The maximum atomic E-state index is 10.8. The lowest BCUT2D eigenvalue weighted by molar-refractivity contribution is -0.143. The standard InChI is InChI=1S/C10H19NO3/c1-7(10(12)13)11(2)9(6-14-3)8-4-5-8/h7-9H,4-6H2,1-3H3,(H,12,13). The van der Waals surface area contributed by atoms with Crippen LogP contribution in [0, 0.1) is 5.92 Å². The van der Waals surface area contributed by atoms with Gasteiger partial charge in [0.2, 0.25) is 0 Å². The molecule has 2 unspecified atom stereocenters. The zero-order valence-electron chi connectivity index (χ0n) is 9.06. The smallest absolute Gasteiger partial charge is 0.320 e. The second-order valence-electron chi connectivity index (χ2n) is 4.04. The van der Waals surface area contributed by atoms with E-state index in [1.807, 2.05) is 11.9 Å². The molecule has 1 fully saturated rings. The first-order valence-corrected chi connectivity index (χ1v) is 5.01. The van der Waals surface area contributed by atoms with Crippen LogP contribution < -0.4 is 0 Å². The minimum absolute atomic E-state index is 0.256. The average Bonchev–Trinajstić information content (AvgIpc) is 2.95. The van der Waals surface area contributed by atoms with E-state index < -0.39 is 12.0 Å². The van der Waals surface area contributed by atoms with Gasteiger partial charge in [-0.3, -0.25) is 9.69 Å². The molecule has 82 valence electrons. The van der Waals surface area contributed by atoms with Gasteiger partial charge < -0.3 is 9.84 Å². The second kappa shape index (κ2) is 4.75. The molecule has 1 N–H and O–H groups in total. The minimum atomic E-state index is -0.769. The quantitative estimate of drug-likeness (QED) is 0.691. The van der Waals surface area contributed by atoms with Crippen molar-refractivity contribution in [3.8, 4) is 0 Å². The number of rotatable bonds is 6. The number of likely N-dealkylation sites (N-methyl/N-ethyl adjacent to an activating group) is 1. The van der Waals surface area contributed by atoms with E-state index in [-0.39, 0.29) is 6.04 Å². The normalized spacial score (nSPS) is 20.9. The monoisotopic (exact) mass is 201 g/mol. The van der Waals surface area contributed by atoms with E-state index in [9.17, 15) is 4.79 Å². The molecule has 0 aliphatic heterocycles. The van der Waals surface area contributed by atoms with Crippen molar-refractivity contribution in [2.24, 2.45) is 5.92 Å². The SMILES string of the molecule is COCC(C1CC1)N(C)C(C)C(=O)O. The second-order valence-corrected chi connectivity index (χ2v) is 4.04. The largest absolute Gasteiger partial charge is 0.480 e. The van der Waals surface area contributed by atoms with E-state index in [2.05, 4.69) is 0 Å². The number of ether oxygens (including phenoxy) is 1. The molecule has 0 aromatic rings. The highest BCUT2D eigenvalue weighted by Gasteiger charge is 2.36. The molecule has 1 aliphatic carbocycles. The molecular weight excluding hydrogens is 182 g/mol. The summed E-state index contributed by atoms with van der Waals surface area (Å²) in [7, 11) is 3.52. The molecule has 1 aliphatic rings. The fraction of sp³-hybridized carbons (Fsp3) is 0.900. The van der Waals surface area contributed by atoms with E-state index in [0.717, 1.165) is 0 Å². The van der Waals surface area contributed by atoms with Gasteiger partial charge in [0.15, 0.2) is 0 Å². The summed E-state index contributed by atoms with van der Waals surface area (Å²) in [6.45, 7) is 2.34. The molecule has 0 saturated heterocycles. The van der Waals surface area contributed by atoms with Gasteiger partial charge in [0, 0.05) is 13.2 Å². The highest BCUT2D eigenvalue weighted by molar-refractivity contribution is 5.72. The summed E-state index contributed by atoms with van der Waals surface area (Å²) in [5.74, 6) is -0.143. The maximum absolute atomic E-state index is 10.8. The Hall–Kier alpha value is -0.610. The van der Waals surface area contributed by atoms with Crippen LogP contribution in [0.4, 0.5) is 0 Å². The van der Waals surface area contributed by atoms with Crippen molar-refractivity contribution in [3.63, 3.8) is 0 Å². The molecular formula is C10H19NO3. The molecule has 0 radical (unpaired) electrons. The fourth-order valence-electron chi connectivity index (χ4n) is 1.70. The molecule has 4 heteroatoms. The van der Waals surface area contributed by atoms with Gasteiger partial charge in [0.1, 0.15) is 6.04 Å². The third-order valence-electron chi connectivity index (χ3n) is 3.00. The van der Waals surface area contributed by atoms with Gasteiger partial charge in [0.25, 0.3) is 0 Å². The van der Waals surface area contributed by atoms with Gasteiger partial charge in [-0.2, -0.15) is 0 Å². The van der Waals surface area contributed by atoms with Gasteiger partial charge in [-0.05, 0) is 32.7 Å². The lowest BCUT2D eigenvalue weighted by atomic mass is 10.1. The number of hydrogen-bond donors (Lipinski definition) is 1. The third-order valence-corrected chi connectivity index (χ3v) is 3.00. The van der Waals surface area contributed by atoms with Gasteiger partial charge in [-0.25, -0.2) is 0 Å². The van der Waals surface area contributed by atoms with Gasteiger partial charge in [-0.1, -0.05) is 0 Å². The molecule has 1 saturated carbocycles. The Kier molecular flexibility index (Phi) is 3.89. The minimum Gasteiger partial charge on any atom is -0.480 e. The summed E-state index contributed by atoms with van der Waals surface area (Å²) in [6, 6.07) is -0.179. The highest BCUT2D eigenvalue weighted by atomic mass is 16.5. The van der Waals surface area contributed by atoms with Crippen molar-refractivity contribution in [1.29, 1.82) is 0 Å². The van der Waals surface area contributed by atoms with Crippen molar-refractivity contribution < 1.29 is 14.6 Å². The summed E-state index contributed by atoms with van der Waals surface area (Å²) >= 11 is 0. The van der Waals surface area contributed by atoms with Gasteiger partial charge >= 0.3 is 5.97 Å². The Bertz CT molecular complexity index is 204. The Morgan fingerprint density at radius 3 is 2.57 bits per heavy atom. The summed E-state index contributed by atoms with van der Waals surface area (Å²) in [4.78, 5) is 12.7. The molecule has 0 bridgehead atoms. The molecule has 1 rings (SSSR count). The molecule has 0 aromatic carbocycles. The van der Waals surface area contributed by atoms with Crippen LogP contribution >= 0.6 is 0 Å². The average molecular weight is 201 g/mol. The third kappa shape index (κ3) is 2.69. The summed E-state index contributed by atoms with van der Waals surface area (Å²) in [5.41, 5.74) is 0. The molecule has 0 spiro atoms. The first-order valence-electron chi connectivity index (χ1n) is 5.01. The first kappa shape index (κ1) is 11.5. The van der Waals surface area contributed by atoms with Crippen molar-refractivity contribution in [3.05, 3.63) is 0 Å². The fourth-order valence-corrected chi connectivity index (χ4v) is 1.70. The van der Waals surface area contributed by atoms with Crippen LogP contribution in [0.25, 0.3) is 0 Å². The number of hydrogen-bond acceptors (Lipinski definition) is 3. The van der Waals surface area contributed by atoms with Crippen molar-refractivity contribution >= 4 is 5.97 Å². The van der Waals surface area contributed by atoms with Gasteiger partial charge in [0.05, 0.1) is 6.61 Å². The Morgan fingerprint density at radius 2 is 2.21 bits per heavy atom. The van der Waals surface area contributed by atoms with E-state index in [4.69, 9.17) is 9.84 Å². The number of methoxy groups -OCH3 is 1. The summed E-state index contributed by atoms with van der Waals surface area (Å²) in [5, 5.41) is 8.89. The highest BCUT2D eigenvalue weighted by Crippen LogP contribution is 2.35. The molecule has 0 amide bonds. The molecule has 4 nitrogen and oxygen atoms in total. The number of carboxylic acid groups (broad SMARTS) is 1. The molecule has 0 heterocycles. The number of carbonyl (C=O) groups is 1. The Labute approximate surface area is 84.8 Å². The predicted molar refractivity (Wildman–Crippen MR) is 53.2 cm³/mol. The van der Waals surface area contributed by atoms with Crippen LogP contribution in [0.15, 0.2) is 0 Å². The van der Waals surface area contributed by atoms with E-state index in [0.29, 0.717) is 12.5 Å². The van der Waals surface area contributed by atoms with Crippen LogP contribution in [-0.4, -0.2) is 48.8 Å². The van der Waals surface area contributed by atoms with Crippen LogP contribution in [0.1, 0.15) is 19.8 Å². The maximum Gasteiger partial charge on any atom is 0.320 e. The zero-order valence-corrected chi connectivity index (χ0v) is 9.06. The van der Waals surface area contributed by atoms with E-state index >= 15 is 0 Å². The zero-order chi connectivity index (χ0) is 10.7. The lowest BCUT2D eigenvalue weighted by Gasteiger charge is -2.30. The topological polar surface area (TPSA) is 49.8 Å². The summed E-state index contributed by atoms with van der Waals surface area (Å²) < 4.78 is 5.12. The van der Waals surface area contributed by atoms with Crippen LogP contribution in [-0.2, 0) is 9.53 Å². The number of nitrogens with zero attached hydrogens (tertiary/aromatic N) is 1. The molecule has 14 heavy (non-hydrogen) atoms. The lowest BCUT2D eigenvalue weighted by Crippen LogP contribution is -2.46. The van der Waals surface area contributed by atoms with Crippen molar-refractivity contribution in [2.45, 2.75) is 31.8 Å². The van der Waals surface area contributed by atoms with Gasteiger partial charge in [-0.15, -0.1) is 0 Å².